The number of methoxy groups -OCH3 is 1. The van der Waals surface area contributed by atoms with Crippen molar-refractivity contribution in [3.05, 3.63) is 70.8 Å². The molecule has 0 fully saturated rings. The molecule has 138 valence electrons. The fourth-order valence-electron chi connectivity index (χ4n) is 2.50. The molecule has 0 aliphatic rings. The second-order valence-electron chi connectivity index (χ2n) is 5.92. The first-order valence-electron chi connectivity index (χ1n) is 8.47. The normalized spacial score (nSPS) is 9.85. The minimum atomic E-state index is -0.287. The fraction of sp³-hybridized carbons (Fsp3) is 0.227. The highest BCUT2D eigenvalue weighted by atomic mass is 16.5. The molecule has 0 saturated carbocycles. The van der Waals surface area contributed by atoms with E-state index in [9.17, 15) is 14.4 Å². The Morgan fingerprint density at radius 3 is 2.67 bits per heavy atom. The number of Topliss-reactive ketones (excluding diaryl/α,β-unsaturated/α-hetero) is 1. The van der Waals surface area contributed by atoms with Gasteiger partial charge in [0, 0.05) is 43.8 Å². The Kier molecular flexibility index (Phi) is 7.48. The van der Waals surface area contributed by atoms with Crippen LogP contribution in [-0.4, -0.2) is 50.2 Å². The number of hydrogen-bond acceptors (Lipinski definition) is 4. The number of aldehydes is 1. The van der Waals surface area contributed by atoms with E-state index < -0.39 is 0 Å². The SMILES string of the molecule is COCC#Cc1cccc(C(=O)CCN(C)C(=O)c2ccccc2C=O)c1. The lowest BCUT2D eigenvalue weighted by atomic mass is 10.0. The van der Waals surface area contributed by atoms with E-state index in [2.05, 4.69) is 11.8 Å². The molecule has 0 aliphatic carbocycles. The lowest BCUT2D eigenvalue weighted by Gasteiger charge is -2.17. The average Bonchev–Trinajstić information content (AvgIpc) is 2.71. The van der Waals surface area contributed by atoms with Gasteiger partial charge in [-0.25, -0.2) is 0 Å². The summed E-state index contributed by atoms with van der Waals surface area (Å²) in [5, 5.41) is 0. The van der Waals surface area contributed by atoms with Crippen molar-refractivity contribution < 1.29 is 19.1 Å². The molecule has 0 N–H and O–H groups in total. The zero-order chi connectivity index (χ0) is 19.6. The van der Waals surface area contributed by atoms with E-state index in [1.54, 1.807) is 56.6 Å². The third-order valence-electron chi connectivity index (χ3n) is 3.97. The summed E-state index contributed by atoms with van der Waals surface area (Å²) in [6.45, 7) is 0.581. The van der Waals surface area contributed by atoms with Gasteiger partial charge in [-0.3, -0.25) is 14.4 Å². The van der Waals surface area contributed by atoms with Crippen LogP contribution in [0.15, 0.2) is 48.5 Å². The molecule has 1 amide bonds. The van der Waals surface area contributed by atoms with Crippen molar-refractivity contribution in [1.29, 1.82) is 0 Å². The molecule has 0 spiro atoms. The quantitative estimate of drug-likeness (QED) is 0.431. The van der Waals surface area contributed by atoms with E-state index in [-0.39, 0.29) is 24.7 Å². The lowest BCUT2D eigenvalue weighted by molar-refractivity contribution is 0.0780. The van der Waals surface area contributed by atoms with Gasteiger partial charge in [-0.1, -0.05) is 42.2 Å². The van der Waals surface area contributed by atoms with Gasteiger partial charge in [0.05, 0.1) is 5.56 Å². The Bertz CT molecular complexity index is 892. The van der Waals surface area contributed by atoms with Crippen molar-refractivity contribution in [2.75, 3.05) is 27.3 Å². The van der Waals surface area contributed by atoms with Gasteiger partial charge in [0.2, 0.25) is 0 Å². The molecule has 5 heteroatoms. The number of ketones is 1. The van der Waals surface area contributed by atoms with Crippen molar-refractivity contribution in [3.63, 3.8) is 0 Å². The monoisotopic (exact) mass is 363 g/mol. The van der Waals surface area contributed by atoms with E-state index in [1.165, 1.54) is 4.90 Å². The molecule has 0 radical (unpaired) electrons. The third-order valence-corrected chi connectivity index (χ3v) is 3.97. The molecule has 2 rings (SSSR count). The third kappa shape index (κ3) is 5.63. The van der Waals surface area contributed by atoms with Crippen LogP contribution in [0.1, 0.15) is 43.1 Å². The molecule has 0 saturated heterocycles. The second-order valence-corrected chi connectivity index (χ2v) is 5.92. The van der Waals surface area contributed by atoms with Gasteiger partial charge in [0.1, 0.15) is 6.61 Å². The van der Waals surface area contributed by atoms with Gasteiger partial charge in [0.25, 0.3) is 5.91 Å². The van der Waals surface area contributed by atoms with Crippen molar-refractivity contribution >= 4 is 18.0 Å². The van der Waals surface area contributed by atoms with Gasteiger partial charge < -0.3 is 9.64 Å². The van der Waals surface area contributed by atoms with E-state index >= 15 is 0 Å². The molecule has 0 aromatic heterocycles. The molecule has 0 heterocycles. The largest absolute Gasteiger partial charge is 0.372 e. The number of nitrogens with zero attached hydrogens (tertiary/aromatic N) is 1. The number of carbonyl (C=O) groups excluding carboxylic acids is 3. The molecular formula is C22H21NO4. The first kappa shape index (κ1) is 20.1. The van der Waals surface area contributed by atoms with Crippen molar-refractivity contribution in [3.8, 4) is 11.8 Å². The van der Waals surface area contributed by atoms with E-state index in [0.717, 1.165) is 5.56 Å². The molecule has 2 aromatic rings. The lowest BCUT2D eigenvalue weighted by Crippen LogP contribution is -2.29. The standard InChI is InChI=1S/C22H21NO4/c1-23(22(26)20-11-4-3-9-19(20)16-24)13-12-21(25)18-10-5-7-17(15-18)8-6-14-27-2/h3-5,7,9-11,15-16H,12-14H2,1-2H3. The zero-order valence-corrected chi connectivity index (χ0v) is 15.4. The average molecular weight is 363 g/mol. The highest BCUT2D eigenvalue weighted by Gasteiger charge is 2.16. The van der Waals surface area contributed by atoms with Gasteiger partial charge in [-0.15, -0.1) is 0 Å². The summed E-state index contributed by atoms with van der Waals surface area (Å²) in [4.78, 5) is 37.5. The van der Waals surface area contributed by atoms with Gasteiger partial charge >= 0.3 is 0 Å². The topological polar surface area (TPSA) is 63.7 Å². The van der Waals surface area contributed by atoms with Crippen LogP contribution in [0.4, 0.5) is 0 Å². The highest BCUT2D eigenvalue weighted by Crippen LogP contribution is 2.11. The minimum absolute atomic E-state index is 0.0753. The van der Waals surface area contributed by atoms with Crippen molar-refractivity contribution in [2.45, 2.75) is 6.42 Å². The van der Waals surface area contributed by atoms with Crippen molar-refractivity contribution in [1.82, 2.24) is 4.90 Å². The van der Waals surface area contributed by atoms with E-state index in [4.69, 9.17) is 4.74 Å². The van der Waals surface area contributed by atoms with Crippen LogP contribution >= 0.6 is 0 Å². The number of rotatable bonds is 7. The molecule has 0 bridgehead atoms. The van der Waals surface area contributed by atoms with Crippen LogP contribution in [0.25, 0.3) is 0 Å². The van der Waals surface area contributed by atoms with E-state index in [1.807, 2.05) is 6.07 Å². The second kappa shape index (κ2) is 10.0. The maximum atomic E-state index is 12.5. The summed E-state index contributed by atoms with van der Waals surface area (Å²) in [7, 11) is 3.18. The summed E-state index contributed by atoms with van der Waals surface area (Å²) in [5.41, 5.74) is 1.96. The van der Waals surface area contributed by atoms with Gasteiger partial charge in [0.15, 0.2) is 12.1 Å². The Hall–Kier alpha value is -3.23. The number of carbonyl (C=O) groups is 3. The fourth-order valence-corrected chi connectivity index (χ4v) is 2.50. The Balaban J connectivity index is 2.01. The molecule has 0 unspecified atom stereocenters. The number of hydrogen-bond donors (Lipinski definition) is 0. The zero-order valence-electron chi connectivity index (χ0n) is 15.4. The molecule has 27 heavy (non-hydrogen) atoms. The van der Waals surface area contributed by atoms with Gasteiger partial charge in [-0.2, -0.15) is 0 Å². The minimum Gasteiger partial charge on any atom is -0.372 e. The predicted molar refractivity (Wildman–Crippen MR) is 103 cm³/mol. The predicted octanol–water partition coefficient (Wildman–Crippen LogP) is 2.84. The molecule has 0 atom stereocenters. The maximum Gasteiger partial charge on any atom is 0.254 e. The summed E-state index contributed by atoms with van der Waals surface area (Å²) < 4.78 is 4.88. The smallest absolute Gasteiger partial charge is 0.254 e. The Labute approximate surface area is 158 Å². The summed E-state index contributed by atoms with van der Waals surface area (Å²) in [6, 6.07) is 13.7. The summed E-state index contributed by atoms with van der Waals surface area (Å²) >= 11 is 0. The van der Waals surface area contributed by atoms with Gasteiger partial charge in [-0.05, 0) is 18.2 Å². The maximum absolute atomic E-state index is 12.5. The van der Waals surface area contributed by atoms with Crippen LogP contribution in [0.2, 0.25) is 0 Å². The highest BCUT2D eigenvalue weighted by molar-refractivity contribution is 6.02. The van der Waals surface area contributed by atoms with E-state index in [0.29, 0.717) is 29.6 Å². The molecular weight excluding hydrogens is 342 g/mol. The van der Waals surface area contributed by atoms with Crippen LogP contribution in [0.5, 0.6) is 0 Å². The van der Waals surface area contributed by atoms with Crippen LogP contribution in [-0.2, 0) is 4.74 Å². The molecule has 5 nitrogen and oxygen atoms in total. The Morgan fingerprint density at radius 1 is 1.15 bits per heavy atom. The Morgan fingerprint density at radius 2 is 1.93 bits per heavy atom. The first-order chi connectivity index (χ1) is 13.1. The summed E-state index contributed by atoms with van der Waals surface area (Å²) in [5.74, 6) is 5.42. The van der Waals surface area contributed by atoms with Crippen LogP contribution in [0, 0.1) is 11.8 Å². The van der Waals surface area contributed by atoms with Crippen molar-refractivity contribution in [2.24, 2.45) is 0 Å². The number of amides is 1. The number of benzene rings is 2. The molecule has 0 aliphatic heterocycles. The summed E-state index contributed by atoms with van der Waals surface area (Å²) in [6.07, 6.45) is 0.836. The van der Waals surface area contributed by atoms with Crippen LogP contribution < -0.4 is 0 Å². The molecule has 2 aromatic carbocycles. The number of ether oxygens (including phenoxy) is 1. The van der Waals surface area contributed by atoms with Crippen LogP contribution in [0.3, 0.4) is 0 Å². The first-order valence-corrected chi connectivity index (χ1v) is 8.47.